The van der Waals surface area contributed by atoms with E-state index in [1.807, 2.05) is 31.2 Å². The number of aryl methyl sites for hydroxylation is 1. The lowest BCUT2D eigenvalue weighted by Gasteiger charge is -2.08. The van der Waals surface area contributed by atoms with Crippen molar-refractivity contribution in [3.8, 4) is 0 Å². The third kappa shape index (κ3) is 5.11. The lowest BCUT2D eigenvalue weighted by atomic mass is 10.1. The molecule has 0 saturated carbocycles. The number of esters is 1. The van der Waals surface area contributed by atoms with Crippen LogP contribution in [-0.4, -0.2) is 18.4 Å². The summed E-state index contributed by atoms with van der Waals surface area (Å²) < 4.78 is 5.15. The predicted molar refractivity (Wildman–Crippen MR) is 89.4 cm³/mol. The first kappa shape index (κ1) is 17.0. The van der Waals surface area contributed by atoms with Crippen LogP contribution in [0.3, 0.4) is 0 Å². The Balaban J connectivity index is 1.74. The third-order valence-electron chi connectivity index (χ3n) is 3.35. The van der Waals surface area contributed by atoms with Crippen molar-refractivity contribution in [3.63, 3.8) is 0 Å². The highest BCUT2D eigenvalue weighted by Crippen LogP contribution is 2.15. The van der Waals surface area contributed by atoms with E-state index in [9.17, 15) is 9.59 Å². The van der Waals surface area contributed by atoms with Crippen molar-refractivity contribution < 1.29 is 14.3 Å². The molecule has 0 atom stereocenters. The fraction of sp³-hybridized carbons (Fsp3) is 0.222. The molecule has 0 heterocycles. The molecule has 23 heavy (non-hydrogen) atoms. The van der Waals surface area contributed by atoms with E-state index in [-0.39, 0.29) is 31.4 Å². The molecule has 0 fully saturated rings. The molecule has 0 aliphatic carbocycles. The lowest BCUT2D eigenvalue weighted by molar-refractivity contribution is -0.144. The standard InChI is InChI=1S/C18H18ClNO3/c1-13-6-2-4-8-15(13)18(22)20-11-10-17(21)23-12-14-7-3-5-9-16(14)19/h2-9H,10-12H2,1H3,(H,20,22). The van der Waals surface area contributed by atoms with Gasteiger partial charge in [0.25, 0.3) is 5.91 Å². The van der Waals surface area contributed by atoms with Crippen molar-refractivity contribution in [2.45, 2.75) is 20.0 Å². The Morgan fingerprint density at radius 3 is 2.52 bits per heavy atom. The fourth-order valence-corrected chi connectivity index (χ4v) is 2.24. The summed E-state index contributed by atoms with van der Waals surface area (Å²) >= 11 is 5.99. The molecule has 1 amide bonds. The van der Waals surface area contributed by atoms with E-state index in [4.69, 9.17) is 16.3 Å². The third-order valence-corrected chi connectivity index (χ3v) is 3.72. The predicted octanol–water partition coefficient (Wildman–Crippen LogP) is 3.51. The summed E-state index contributed by atoms with van der Waals surface area (Å²) in [6, 6.07) is 14.5. The van der Waals surface area contributed by atoms with Gasteiger partial charge in [0.2, 0.25) is 0 Å². The second kappa shape index (κ2) is 8.34. The van der Waals surface area contributed by atoms with Crippen molar-refractivity contribution in [3.05, 3.63) is 70.2 Å². The van der Waals surface area contributed by atoms with Gasteiger partial charge < -0.3 is 10.1 Å². The number of rotatable bonds is 6. The van der Waals surface area contributed by atoms with Gasteiger partial charge in [0.15, 0.2) is 0 Å². The summed E-state index contributed by atoms with van der Waals surface area (Å²) in [4.78, 5) is 23.7. The van der Waals surface area contributed by atoms with Crippen LogP contribution in [0.2, 0.25) is 5.02 Å². The Morgan fingerprint density at radius 1 is 1.09 bits per heavy atom. The summed E-state index contributed by atoms with van der Waals surface area (Å²) in [5.74, 6) is -0.572. The zero-order chi connectivity index (χ0) is 16.7. The zero-order valence-corrected chi connectivity index (χ0v) is 13.6. The van der Waals surface area contributed by atoms with Gasteiger partial charge in [-0.25, -0.2) is 0 Å². The first-order valence-electron chi connectivity index (χ1n) is 7.31. The van der Waals surface area contributed by atoms with Gasteiger partial charge in [-0.2, -0.15) is 0 Å². The van der Waals surface area contributed by atoms with Crippen molar-refractivity contribution in [2.24, 2.45) is 0 Å². The highest BCUT2D eigenvalue weighted by atomic mass is 35.5. The normalized spacial score (nSPS) is 10.2. The summed E-state index contributed by atoms with van der Waals surface area (Å²) in [6.45, 7) is 2.23. The van der Waals surface area contributed by atoms with Crippen LogP contribution in [0.1, 0.15) is 27.9 Å². The number of ether oxygens (including phenoxy) is 1. The molecular weight excluding hydrogens is 314 g/mol. The molecule has 2 aromatic carbocycles. The monoisotopic (exact) mass is 331 g/mol. The maximum atomic E-state index is 12.0. The molecule has 0 aliphatic rings. The van der Waals surface area contributed by atoms with Gasteiger partial charge in [-0.05, 0) is 24.6 Å². The minimum Gasteiger partial charge on any atom is -0.461 e. The number of halogens is 1. The molecule has 5 heteroatoms. The average Bonchev–Trinajstić information content (AvgIpc) is 2.54. The van der Waals surface area contributed by atoms with Crippen LogP contribution < -0.4 is 5.32 Å². The molecule has 2 rings (SSSR count). The number of hydrogen-bond donors (Lipinski definition) is 1. The number of carbonyl (C=O) groups is 2. The van der Waals surface area contributed by atoms with Crippen LogP contribution >= 0.6 is 11.6 Å². The van der Waals surface area contributed by atoms with E-state index in [0.717, 1.165) is 11.1 Å². The van der Waals surface area contributed by atoms with Crippen LogP contribution in [0.4, 0.5) is 0 Å². The summed E-state index contributed by atoms with van der Waals surface area (Å²) in [7, 11) is 0. The van der Waals surface area contributed by atoms with Crippen molar-refractivity contribution in [2.75, 3.05) is 6.54 Å². The largest absolute Gasteiger partial charge is 0.461 e. The molecule has 0 radical (unpaired) electrons. The molecule has 0 bridgehead atoms. The van der Waals surface area contributed by atoms with E-state index in [1.54, 1.807) is 24.3 Å². The minimum absolute atomic E-state index is 0.113. The molecule has 4 nitrogen and oxygen atoms in total. The number of amides is 1. The number of carbonyl (C=O) groups excluding carboxylic acids is 2. The van der Waals surface area contributed by atoms with Gasteiger partial charge in [0, 0.05) is 22.7 Å². The van der Waals surface area contributed by atoms with E-state index >= 15 is 0 Å². The SMILES string of the molecule is Cc1ccccc1C(=O)NCCC(=O)OCc1ccccc1Cl. The molecule has 120 valence electrons. The van der Waals surface area contributed by atoms with Crippen LogP contribution in [0.25, 0.3) is 0 Å². The Morgan fingerprint density at radius 2 is 1.78 bits per heavy atom. The van der Waals surface area contributed by atoms with Crippen molar-refractivity contribution in [1.29, 1.82) is 0 Å². The molecule has 2 aromatic rings. The molecular formula is C18H18ClNO3. The Hall–Kier alpha value is -2.33. The Bertz CT molecular complexity index is 700. The van der Waals surface area contributed by atoms with Gasteiger partial charge in [0.05, 0.1) is 6.42 Å². The van der Waals surface area contributed by atoms with Gasteiger partial charge in [-0.1, -0.05) is 48.0 Å². The van der Waals surface area contributed by atoms with E-state index in [0.29, 0.717) is 10.6 Å². The number of hydrogen-bond acceptors (Lipinski definition) is 3. The summed E-state index contributed by atoms with van der Waals surface area (Å²) in [5.41, 5.74) is 2.26. The first-order chi connectivity index (χ1) is 11.1. The average molecular weight is 332 g/mol. The van der Waals surface area contributed by atoms with E-state index in [1.165, 1.54) is 0 Å². The topological polar surface area (TPSA) is 55.4 Å². The quantitative estimate of drug-likeness (QED) is 0.824. The van der Waals surface area contributed by atoms with Crippen LogP contribution in [0, 0.1) is 6.92 Å². The summed E-state index contributed by atoms with van der Waals surface area (Å²) in [6.07, 6.45) is 0.113. The van der Waals surface area contributed by atoms with E-state index in [2.05, 4.69) is 5.32 Å². The number of nitrogens with one attached hydrogen (secondary N) is 1. The van der Waals surface area contributed by atoms with Gasteiger partial charge in [0.1, 0.15) is 6.61 Å². The first-order valence-corrected chi connectivity index (χ1v) is 7.68. The summed E-state index contributed by atoms with van der Waals surface area (Å²) in [5, 5.41) is 3.28. The molecule has 0 unspecified atom stereocenters. The van der Waals surface area contributed by atoms with Gasteiger partial charge in [-0.3, -0.25) is 9.59 Å². The van der Waals surface area contributed by atoms with Crippen molar-refractivity contribution in [1.82, 2.24) is 5.32 Å². The number of benzene rings is 2. The highest BCUT2D eigenvalue weighted by Gasteiger charge is 2.09. The highest BCUT2D eigenvalue weighted by molar-refractivity contribution is 6.31. The molecule has 0 aromatic heterocycles. The lowest BCUT2D eigenvalue weighted by Crippen LogP contribution is -2.27. The van der Waals surface area contributed by atoms with Crippen LogP contribution in [0.5, 0.6) is 0 Å². The molecule has 0 aliphatic heterocycles. The van der Waals surface area contributed by atoms with Gasteiger partial charge >= 0.3 is 5.97 Å². The Kier molecular flexibility index (Phi) is 6.18. The minimum atomic E-state index is -0.380. The molecule has 0 saturated heterocycles. The van der Waals surface area contributed by atoms with Crippen LogP contribution in [-0.2, 0) is 16.1 Å². The zero-order valence-electron chi connectivity index (χ0n) is 12.8. The van der Waals surface area contributed by atoms with Crippen molar-refractivity contribution >= 4 is 23.5 Å². The van der Waals surface area contributed by atoms with Gasteiger partial charge in [-0.15, -0.1) is 0 Å². The maximum absolute atomic E-state index is 12.0. The molecule has 1 N–H and O–H groups in total. The smallest absolute Gasteiger partial charge is 0.307 e. The maximum Gasteiger partial charge on any atom is 0.307 e. The second-order valence-corrected chi connectivity index (χ2v) is 5.48. The second-order valence-electron chi connectivity index (χ2n) is 5.07. The van der Waals surface area contributed by atoms with E-state index < -0.39 is 0 Å². The molecule has 0 spiro atoms. The van der Waals surface area contributed by atoms with Crippen LogP contribution in [0.15, 0.2) is 48.5 Å². The Labute approximate surface area is 140 Å². The fourth-order valence-electron chi connectivity index (χ4n) is 2.05.